The molecule has 0 aliphatic heterocycles. The number of nitrogens with zero attached hydrogens (tertiary/aromatic N) is 2. The van der Waals surface area contributed by atoms with Crippen molar-refractivity contribution in [1.82, 2.24) is 14.9 Å². The summed E-state index contributed by atoms with van der Waals surface area (Å²) in [5.41, 5.74) is 1.23. The van der Waals surface area contributed by atoms with E-state index in [-0.39, 0.29) is 0 Å². The molecule has 4 heteroatoms. The van der Waals surface area contributed by atoms with Gasteiger partial charge in [-0.2, -0.15) is 0 Å². The fraction of sp³-hybridized carbons (Fsp3) is 0.471. The van der Waals surface area contributed by atoms with E-state index in [0.717, 1.165) is 51.3 Å². The predicted molar refractivity (Wildman–Crippen MR) is 85.4 cm³/mol. The molecule has 0 bridgehead atoms. The molecule has 1 N–H and O–H groups in total. The first kappa shape index (κ1) is 15.6. The molecule has 0 atom stereocenters. The van der Waals surface area contributed by atoms with Crippen molar-refractivity contribution in [2.24, 2.45) is 0 Å². The standard InChI is InChI=1S/C17H25N3O/c1-2-3-13-21-17-8-5-4-7-16(17)14-18-9-6-11-20-12-10-19-15-20/h4-5,7-8,10,12,15,18H,2-3,6,9,11,13-14H2,1H3. The molecule has 2 aromatic rings. The molecule has 0 fully saturated rings. The highest BCUT2D eigenvalue weighted by molar-refractivity contribution is 5.33. The van der Waals surface area contributed by atoms with Gasteiger partial charge in [0.1, 0.15) is 5.75 Å². The summed E-state index contributed by atoms with van der Waals surface area (Å²) in [6, 6.07) is 8.28. The average molecular weight is 287 g/mol. The third-order valence-corrected chi connectivity index (χ3v) is 3.37. The summed E-state index contributed by atoms with van der Waals surface area (Å²) in [4.78, 5) is 4.04. The largest absolute Gasteiger partial charge is 0.493 e. The molecule has 4 nitrogen and oxygen atoms in total. The van der Waals surface area contributed by atoms with Gasteiger partial charge in [0.25, 0.3) is 0 Å². The summed E-state index contributed by atoms with van der Waals surface area (Å²) >= 11 is 0. The van der Waals surface area contributed by atoms with E-state index in [4.69, 9.17) is 4.74 Å². The van der Waals surface area contributed by atoms with Crippen molar-refractivity contribution in [3.8, 4) is 5.75 Å². The first-order chi connectivity index (χ1) is 10.4. The molecule has 0 saturated carbocycles. The predicted octanol–water partition coefficient (Wildman–Crippen LogP) is 3.24. The van der Waals surface area contributed by atoms with Crippen LogP contribution in [0.15, 0.2) is 43.0 Å². The number of aryl methyl sites for hydroxylation is 1. The highest BCUT2D eigenvalue weighted by Crippen LogP contribution is 2.18. The first-order valence-electron chi connectivity index (χ1n) is 7.77. The van der Waals surface area contributed by atoms with Crippen molar-refractivity contribution >= 4 is 0 Å². The number of benzene rings is 1. The maximum atomic E-state index is 5.84. The Bertz CT molecular complexity index is 496. The topological polar surface area (TPSA) is 39.1 Å². The van der Waals surface area contributed by atoms with E-state index in [1.807, 2.05) is 24.8 Å². The molecule has 1 heterocycles. The van der Waals surface area contributed by atoms with Crippen molar-refractivity contribution < 1.29 is 4.74 Å². The first-order valence-corrected chi connectivity index (χ1v) is 7.77. The Morgan fingerprint density at radius 1 is 1.24 bits per heavy atom. The third kappa shape index (κ3) is 5.60. The number of para-hydroxylation sites is 1. The summed E-state index contributed by atoms with van der Waals surface area (Å²) in [6.07, 6.45) is 9.03. The lowest BCUT2D eigenvalue weighted by atomic mass is 10.2. The van der Waals surface area contributed by atoms with Gasteiger partial charge in [-0.15, -0.1) is 0 Å². The van der Waals surface area contributed by atoms with E-state index in [2.05, 4.69) is 40.0 Å². The maximum absolute atomic E-state index is 5.84. The molecular formula is C17H25N3O. The minimum atomic E-state index is 0.800. The Morgan fingerprint density at radius 2 is 2.14 bits per heavy atom. The molecule has 0 spiro atoms. The smallest absolute Gasteiger partial charge is 0.123 e. The van der Waals surface area contributed by atoms with Gasteiger partial charge in [0.05, 0.1) is 12.9 Å². The zero-order valence-electron chi connectivity index (χ0n) is 12.8. The van der Waals surface area contributed by atoms with Crippen molar-refractivity contribution in [1.29, 1.82) is 0 Å². The molecule has 114 valence electrons. The van der Waals surface area contributed by atoms with Crippen LogP contribution >= 0.6 is 0 Å². The lowest BCUT2D eigenvalue weighted by Gasteiger charge is -2.12. The Kier molecular flexibility index (Phi) is 6.81. The minimum Gasteiger partial charge on any atom is -0.493 e. The molecule has 0 saturated heterocycles. The van der Waals surface area contributed by atoms with Crippen LogP contribution in [0.25, 0.3) is 0 Å². The molecule has 0 aliphatic carbocycles. The van der Waals surface area contributed by atoms with E-state index in [0.29, 0.717) is 0 Å². The second kappa shape index (κ2) is 9.19. The molecule has 0 radical (unpaired) electrons. The van der Waals surface area contributed by atoms with Crippen molar-refractivity contribution in [3.05, 3.63) is 48.5 Å². The highest BCUT2D eigenvalue weighted by Gasteiger charge is 2.02. The number of ether oxygens (including phenoxy) is 1. The normalized spacial score (nSPS) is 10.7. The van der Waals surface area contributed by atoms with Crippen LogP contribution in [0.1, 0.15) is 31.7 Å². The molecule has 21 heavy (non-hydrogen) atoms. The van der Waals surface area contributed by atoms with Gasteiger partial charge in [0.2, 0.25) is 0 Å². The summed E-state index contributed by atoms with van der Waals surface area (Å²) in [5.74, 6) is 1.01. The maximum Gasteiger partial charge on any atom is 0.123 e. The van der Waals surface area contributed by atoms with E-state index >= 15 is 0 Å². The van der Waals surface area contributed by atoms with Crippen LogP contribution in [0.2, 0.25) is 0 Å². The van der Waals surface area contributed by atoms with Crippen LogP contribution in [-0.4, -0.2) is 22.7 Å². The van der Waals surface area contributed by atoms with Crippen LogP contribution < -0.4 is 10.1 Å². The fourth-order valence-corrected chi connectivity index (χ4v) is 2.15. The van der Waals surface area contributed by atoms with E-state index < -0.39 is 0 Å². The second-order valence-corrected chi connectivity index (χ2v) is 5.14. The Labute approximate surface area is 127 Å². The van der Waals surface area contributed by atoms with Crippen LogP contribution in [0.4, 0.5) is 0 Å². The molecule has 1 aromatic heterocycles. The Balaban J connectivity index is 1.69. The third-order valence-electron chi connectivity index (χ3n) is 3.37. The Hall–Kier alpha value is -1.81. The molecule has 0 amide bonds. The number of aromatic nitrogens is 2. The van der Waals surface area contributed by atoms with Gasteiger partial charge < -0.3 is 14.6 Å². The van der Waals surface area contributed by atoms with Crippen molar-refractivity contribution in [2.75, 3.05) is 13.2 Å². The lowest BCUT2D eigenvalue weighted by Crippen LogP contribution is -2.17. The van der Waals surface area contributed by atoms with Crippen LogP contribution in [-0.2, 0) is 13.1 Å². The number of hydrogen-bond acceptors (Lipinski definition) is 3. The molecule has 1 aromatic carbocycles. The van der Waals surface area contributed by atoms with Crippen molar-refractivity contribution in [2.45, 2.75) is 39.3 Å². The average Bonchev–Trinajstić information content (AvgIpc) is 3.02. The molecule has 0 unspecified atom stereocenters. The quantitative estimate of drug-likeness (QED) is 0.682. The van der Waals surface area contributed by atoms with Crippen LogP contribution in [0.5, 0.6) is 5.75 Å². The van der Waals surface area contributed by atoms with Gasteiger partial charge >= 0.3 is 0 Å². The molecule has 2 rings (SSSR count). The molecular weight excluding hydrogens is 262 g/mol. The Morgan fingerprint density at radius 3 is 2.95 bits per heavy atom. The second-order valence-electron chi connectivity index (χ2n) is 5.14. The zero-order valence-corrected chi connectivity index (χ0v) is 12.8. The van der Waals surface area contributed by atoms with E-state index in [1.54, 1.807) is 0 Å². The summed E-state index contributed by atoms with van der Waals surface area (Å²) in [6.45, 7) is 5.82. The van der Waals surface area contributed by atoms with E-state index in [1.165, 1.54) is 5.56 Å². The zero-order chi connectivity index (χ0) is 14.8. The highest BCUT2D eigenvalue weighted by atomic mass is 16.5. The summed E-state index contributed by atoms with van der Waals surface area (Å²) in [5, 5.41) is 3.48. The van der Waals surface area contributed by atoms with Gasteiger partial charge in [-0.1, -0.05) is 31.5 Å². The number of unbranched alkanes of at least 4 members (excludes halogenated alkanes) is 1. The SMILES string of the molecule is CCCCOc1ccccc1CNCCCn1ccnc1. The summed E-state index contributed by atoms with van der Waals surface area (Å²) in [7, 11) is 0. The fourth-order valence-electron chi connectivity index (χ4n) is 2.15. The van der Waals surface area contributed by atoms with Crippen LogP contribution in [0.3, 0.4) is 0 Å². The number of imidazole rings is 1. The van der Waals surface area contributed by atoms with Gasteiger partial charge in [0.15, 0.2) is 0 Å². The number of nitrogens with one attached hydrogen (secondary N) is 1. The number of rotatable bonds is 10. The van der Waals surface area contributed by atoms with Gasteiger partial charge in [-0.3, -0.25) is 0 Å². The molecule has 0 aliphatic rings. The van der Waals surface area contributed by atoms with Gasteiger partial charge in [-0.25, -0.2) is 4.98 Å². The van der Waals surface area contributed by atoms with Crippen molar-refractivity contribution in [3.63, 3.8) is 0 Å². The number of hydrogen-bond donors (Lipinski definition) is 1. The van der Waals surface area contributed by atoms with Gasteiger partial charge in [0, 0.05) is 31.0 Å². The monoisotopic (exact) mass is 287 g/mol. The minimum absolute atomic E-state index is 0.800. The lowest BCUT2D eigenvalue weighted by molar-refractivity contribution is 0.305. The van der Waals surface area contributed by atoms with E-state index in [9.17, 15) is 0 Å². The van der Waals surface area contributed by atoms with Crippen LogP contribution in [0, 0.1) is 0 Å². The summed E-state index contributed by atoms with van der Waals surface area (Å²) < 4.78 is 7.94. The van der Waals surface area contributed by atoms with Gasteiger partial charge in [-0.05, 0) is 25.5 Å².